The molecule has 8 heteroatoms. The largest absolute Gasteiger partial charge is 0.445 e. The van der Waals surface area contributed by atoms with Crippen molar-refractivity contribution in [3.8, 4) is 0 Å². The fourth-order valence-electron chi connectivity index (χ4n) is 2.11. The Morgan fingerprint density at radius 1 is 1.00 bits per heavy atom. The third kappa shape index (κ3) is 10.1. The summed E-state index contributed by atoms with van der Waals surface area (Å²) in [5, 5.41) is 2.53. The number of benzene rings is 1. The molecule has 3 amide bonds. The molecule has 0 saturated carbocycles. The molecule has 1 atom stereocenters. The van der Waals surface area contributed by atoms with E-state index in [1.54, 1.807) is 20.8 Å². The summed E-state index contributed by atoms with van der Waals surface area (Å²) in [7, 11) is 0. The Balaban J connectivity index is 2.54. The Morgan fingerprint density at radius 3 is 2.19 bits per heavy atom. The molecule has 3 N–H and O–H groups in total. The van der Waals surface area contributed by atoms with Crippen LogP contribution in [0.4, 0.5) is 9.59 Å². The van der Waals surface area contributed by atoms with Crippen molar-refractivity contribution in [2.45, 2.75) is 59.3 Å². The third-order valence-corrected chi connectivity index (χ3v) is 3.22. The number of hydrogen-bond donors (Lipinski definition) is 3. The zero-order valence-electron chi connectivity index (χ0n) is 16.5. The summed E-state index contributed by atoms with van der Waals surface area (Å²) >= 11 is 0. The van der Waals surface area contributed by atoms with Gasteiger partial charge in [0.15, 0.2) is 0 Å². The van der Waals surface area contributed by atoms with Crippen LogP contribution in [0.2, 0.25) is 0 Å². The number of carbonyl (C=O) groups excluding carboxylic acids is 3. The molecule has 0 spiro atoms. The van der Waals surface area contributed by atoms with Crippen LogP contribution in [0.3, 0.4) is 0 Å². The van der Waals surface area contributed by atoms with E-state index in [9.17, 15) is 14.4 Å². The molecular formula is C19H29N3O5. The smallest absolute Gasteiger partial charge is 0.426 e. The fourth-order valence-corrected chi connectivity index (χ4v) is 2.11. The molecule has 1 aromatic carbocycles. The molecule has 0 unspecified atom stereocenters. The lowest BCUT2D eigenvalue weighted by Crippen LogP contribution is -2.53. The minimum absolute atomic E-state index is 0.0961. The van der Waals surface area contributed by atoms with Crippen LogP contribution < -0.4 is 16.2 Å². The highest BCUT2D eigenvalue weighted by Crippen LogP contribution is 2.07. The zero-order chi connectivity index (χ0) is 20.4. The highest BCUT2D eigenvalue weighted by Gasteiger charge is 2.24. The zero-order valence-corrected chi connectivity index (χ0v) is 16.5. The van der Waals surface area contributed by atoms with Gasteiger partial charge in [0.2, 0.25) is 0 Å². The molecule has 27 heavy (non-hydrogen) atoms. The van der Waals surface area contributed by atoms with Gasteiger partial charge in [-0.15, -0.1) is 0 Å². The molecule has 0 heterocycles. The van der Waals surface area contributed by atoms with Crippen molar-refractivity contribution in [2.24, 2.45) is 5.92 Å². The second-order valence-electron chi connectivity index (χ2n) is 7.50. The lowest BCUT2D eigenvalue weighted by atomic mass is 10.0. The van der Waals surface area contributed by atoms with Crippen molar-refractivity contribution in [2.75, 3.05) is 0 Å². The molecule has 0 aliphatic carbocycles. The molecule has 150 valence electrons. The van der Waals surface area contributed by atoms with Gasteiger partial charge in [-0.2, -0.15) is 0 Å². The van der Waals surface area contributed by atoms with E-state index in [1.165, 1.54) is 0 Å². The quantitative estimate of drug-likeness (QED) is 0.659. The van der Waals surface area contributed by atoms with Gasteiger partial charge in [-0.3, -0.25) is 10.2 Å². The van der Waals surface area contributed by atoms with E-state index >= 15 is 0 Å². The lowest BCUT2D eigenvalue weighted by molar-refractivity contribution is -0.124. The van der Waals surface area contributed by atoms with Gasteiger partial charge in [0, 0.05) is 0 Å². The molecule has 0 radical (unpaired) electrons. The predicted octanol–water partition coefficient (Wildman–Crippen LogP) is 2.88. The van der Waals surface area contributed by atoms with Gasteiger partial charge in [0.1, 0.15) is 18.2 Å². The Kier molecular flexibility index (Phi) is 8.58. The van der Waals surface area contributed by atoms with Crippen LogP contribution in [0, 0.1) is 5.92 Å². The number of hydrogen-bond acceptors (Lipinski definition) is 5. The summed E-state index contributed by atoms with van der Waals surface area (Å²) < 4.78 is 10.2. The van der Waals surface area contributed by atoms with Gasteiger partial charge in [-0.05, 0) is 38.7 Å². The molecule has 0 aliphatic rings. The first-order valence-electron chi connectivity index (χ1n) is 8.83. The highest BCUT2D eigenvalue weighted by molar-refractivity contribution is 5.86. The Labute approximate surface area is 160 Å². The monoisotopic (exact) mass is 379 g/mol. The van der Waals surface area contributed by atoms with Gasteiger partial charge in [0.25, 0.3) is 5.91 Å². The van der Waals surface area contributed by atoms with Gasteiger partial charge in [-0.25, -0.2) is 15.0 Å². The average Bonchev–Trinajstić information content (AvgIpc) is 2.56. The summed E-state index contributed by atoms with van der Waals surface area (Å²) in [6, 6.07) is 8.35. The minimum atomic E-state index is -0.858. The first kappa shape index (κ1) is 22.3. The lowest BCUT2D eigenvalue weighted by Gasteiger charge is -2.22. The van der Waals surface area contributed by atoms with Crippen LogP contribution in [0.1, 0.15) is 46.6 Å². The Morgan fingerprint density at radius 2 is 1.63 bits per heavy atom. The van der Waals surface area contributed by atoms with Crippen LogP contribution >= 0.6 is 0 Å². The summed E-state index contributed by atoms with van der Waals surface area (Å²) in [6.45, 7) is 9.05. The van der Waals surface area contributed by atoms with E-state index in [0.717, 1.165) is 5.56 Å². The number of nitrogens with one attached hydrogen (secondary N) is 3. The second kappa shape index (κ2) is 10.4. The third-order valence-electron chi connectivity index (χ3n) is 3.22. The Bertz CT molecular complexity index is 626. The van der Waals surface area contributed by atoms with Crippen LogP contribution in [0.25, 0.3) is 0 Å². The predicted molar refractivity (Wildman–Crippen MR) is 101 cm³/mol. The van der Waals surface area contributed by atoms with Gasteiger partial charge < -0.3 is 14.8 Å². The Hall–Kier alpha value is -2.77. The number of hydrazine groups is 1. The first-order valence-corrected chi connectivity index (χ1v) is 8.83. The molecule has 0 fully saturated rings. The number of carbonyl (C=O) groups is 3. The topological polar surface area (TPSA) is 106 Å². The standard InChI is InChI=1S/C19H29N3O5/c1-13(2)11-15(16(23)21-22-18(25)27-19(3,4)5)20-17(24)26-12-14-9-7-6-8-10-14/h6-10,13,15H,11-12H2,1-5H3,(H,20,24)(H,21,23)(H,22,25)/t15-/m0/s1. The van der Waals surface area contributed by atoms with E-state index in [2.05, 4.69) is 16.2 Å². The second-order valence-corrected chi connectivity index (χ2v) is 7.50. The normalized spacial score (nSPS) is 12.1. The van der Waals surface area contributed by atoms with Crippen LogP contribution in [-0.4, -0.2) is 29.7 Å². The molecule has 0 aromatic heterocycles. The summed E-state index contributed by atoms with van der Waals surface area (Å²) in [5.74, 6) is -0.428. The number of ether oxygens (including phenoxy) is 2. The number of rotatable bonds is 6. The van der Waals surface area contributed by atoms with E-state index in [1.807, 2.05) is 44.2 Å². The van der Waals surface area contributed by atoms with Crippen molar-refractivity contribution >= 4 is 18.1 Å². The van der Waals surface area contributed by atoms with E-state index < -0.39 is 29.7 Å². The fraction of sp³-hybridized carbons (Fsp3) is 0.526. The number of amides is 3. The van der Waals surface area contributed by atoms with Crippen molar-refractivity contribution in [3.63, 3.8) is 0 Å². The highest BCUT2D eigenvalue weighted by atomic mass is 16.6. The van der Waals surface area contributed by atoms with Crippen LogP contribution in [0.15, 0.2) is 30.3 Å². The van der Waals surface area contributed by atoms with Crippen molar-refractivity contribution in [1.82, 2.24) is 16.2 Å². The minimum Gasteiger partial charge on any atom is -0.445 e. The first-order chi connectivity index (χ1) is 12.6. The van der Waals surface area contributed by atoms with Crippen molar-refractivity contribution in [3.05, 3.63) is 35.9 Å². The van der Waals surface area contributed by atoms with Crippen LogP contribution in [-0.2, 0) is 20.9 Å². The average molecular weight is 379 g/mol. The summed E-state index contributed by atoms with van der Waals surface area (Å²) in [5.41, 5.74) is 4.58. The molecule has 0 aliphatic heterocycles. The molecule has 0 bridgehead atoms. The summed E-state index contributed by atoms with van der Waals surface area (Å²) in [4.78, 5) is 35.9. The SMILES string of the molecule is CC(C)C[C@H](NC(=O)OCc1ccccc1)C(=O)NNC(=O)OC(C)(C)C. The van der Waals surface area contributed by atoms with Gasteiger partial charge in [-0.1, -0.05) is 44.2 Å². The van der Waals surface area contributed by atoms with E-state index in [4.69, 9.17) is 9.47 Å². The van der Waals surface area contributed by atoms with Crippen LogP contribution in [0.5, 0.6) is 0 Å². The summed E-state index contributed by atoms with van der Waals surface area (Å²) in [6.07, 6.45) is -1.12. The van der Waals surface area contributed by atoms with Crippen molar-refractivity contribution in [1.29, 1.82) is 0 Å². The van der Waals surface area contributed by atoms with Gasteiger partial charge in [0.05, 0.1) is 0 Å². The van der Waals surface area contributed by atoms with Gasteiger partial charge >= 0.3 is 12.2 Å². The molecule has 1 aromatic rings. The molecule has 1 rings (SSSR count). The molecular weight excluding hydrogens is 350 g/mol. The molecule has 8 nitrogen and oxygen atoms in total. The van der Waals surface area contributed by atoms with Crippen molar-refractivity contribution < 1.29 is 23.9 Å². The number of alkyl carbamates (subject to hydrolysis) is 1. The maximum absolute atomic E-state index is 12.3. The van der Waals surface area contributed by atoms with E-state index in [-0.39, 0.29) is 12.5 Å². The molecule has 0 saturated heterocycles. The maximum atomic E-state index is 12.3. The van der Waals surface area contributed by atoms with E-state index in [0.29, 0.717) is 6.42 Å². The maximum Gasteiger partial charge on any atom is 0.426 e.